The van der Waals surface area contributed by atoms with Gasteiger partial charge < -0.3 is 34.1 Å². The molecule has 3 aromatic carbocycles. The Kier molecular flexibility index (Phi) is 13.9. The Balaban J connectivity index is 0.904. The number of carbonyl (C=O) groups is 1. The van der Waals surface area contributed by atoms with Crippen molar-refractivity contribution >= 4 is 44.0 Å². The number of piperidine rings is 1. The number of pyridine rings is 1. The van der Waals surface area contributed by atoms with Crippen LogP contribution in [0.1, 0.15) is 132 Å². The molecule has 5 aromatic rings. The highest BCUT2D eigenvalue weighted by Gasteiger charge is 2.50. The lowest BCUT2D eigenvalue weighted by atomic mass is 9.59. The highest BCUT2D eigenvalue weighted by atomic mass is 32.2. The molecule has 5 heterocycles. The maximum Gasteiger partial charge on any atom is 0.297 e. The van der Waals surface area contributed by atoms with Gasteiger partial charge in [0.2, 0.25) is 0 Å². The van der Waals surface area contributed by atoms with Crippen LogP contribution in [-0.2, 0) is 14.8 Å². The summed E-state index contributed by atoms with van der Waals surface area (Å²) in [6.07, 6.45) is 11.4. The highest BCUT2D eigenvalue weighted by Crippen LogP contribution is 2.55. The quantitative estimate of drug-likeness (QED) is 0.0664. The first-order valence-corrected chi connectivity index (χ1v) is 27.4. The van der Waals surface area contributed by atoms with Crippen molar-refractivity contribution in [1.82, 2.24) is 19.6 Å². The summed E-state index contributed by atoms with van der Waals surface area (Å²) >= 11 is 0. The number of rotatable bonds is 15. The lowest BCUT2D eigenvalue weighted by Gasteiger charge is -2.56. The van der Waals surface area contributed by atoms with E-state index < -0.39 is 37.3 Å². The van der Waals surface area contributed by atoms with Crippen molar-refractivity contribution in [2.45, 2.75) is 134 Å². The number of hydrogen-bond acceptors (Lipinski definition) is 13. The summed E-state index contributed by atoms with van der Waals surface area (Å²) in [6.45, 7) is 13.7. The molecule has 2 aromatic heterocycles. The number of aromatic nitrogens is 2. The van der Waals surface area contributed by atoms with E-state index in [1.807, 2.05) is 0 Å². The number of amides is 1. The van der Waals surface area contributed by atoms with E-state index in [1.54, 1.807) is 19.1 Å². The van der Waals surface area contributed by atoms with Gasteiger partial charge in [0.1, 0.15) is 30.4 Å². The number of anilines is 2. The standard InChI is InChI=1S/C55H68FN7O9S/c1-33(2)39-10-7-8-11-40(39)45-12-9-21-62(45)37-28-55(29-37)19-22-61(23-20-55)36-13-14-41(47(24-36)72-49-27-42-43(56)30-57-51(42)59-53(49)71-31-34(3)69-6)52(64)60-73(67,68)38-25-46(63(65)66)50-48(26-38)70-32-44(58-50)35-15-17-54(4,5)18-16-35/h7-8,10-11,13-14,24-27,30,33-35,37,44-45,58H,9,12,15-23,28-29,31-32H2,1-6H3,(H,57,59)(H,60,64)/t34?,44-,45-/m1/s1. The van der Waals surface area contributed by atoms with Crippen LogP contribution in [0.5, 0.6) is 23.1 Å². The first-order valence-electron chi connectivity index (χ1n) is 25.9. The molecule has 2 saturated carbocycles. The predicted molar refractivity (Wildman–Crippen MR) is 277 cm³/mol. The molecule has 1 unspecified atom stereocenters. The number of nitrogens with one attached hydrogen (secondary N) is 3. The number of nitro groups is 1. The van der Waals surface area contributed by atoms with Crippen LogP contribution >= 0.6 is 0 Å². The molecule has 0 bridgehead atoms. The van der Waals surface area contributed by atoms with Crippen molar-refractivity contribution in [2.75, 3.05) is 50.2 Å². The fourth-order valence-corrected chi connectivity index (χ4v) is 13.1. The van der Waals surface area contributed by atoms with Gasteiger partial charge in [0.25, 0.3) is 27.5 Å². The van der Waals surface area contributed by atoms with Gasteiger partial charge in [-0.05, 0) is 124 Å². The SMILES string of the molecule is COC(C)COc1nc2[nH]cc(F)c2cc1Oc1cc(N2CCC3(CC2)CC(N2CCC[C@@H]2c2ccccc2C(C)C)C3)ccc1C(=O)NS(=O)(=O)c1cc2c(c([N+](=O)[O-])c1)N[C@@H](C1CCC(C)(C)CC1)CO2. The maximum atomic E-state index is 15.1. The van der Waals surface area contributed by atoms with Gasteiger partial charge in [-0.1, -0.05) is 52.0 Å². The van der Waals surface area contributed by atoms with Crippen LogP contribution in [-0.4, -0.2) is 92.3 Å². The van der Waals surface area contributed by atoms with Crippen LogP contribution in [0.15, 0.2) is 71.8 Å². The van der Waals surface area contributed by atoms with Gasteiger partial charge in [0.15, 0.2) is 17.2 Å². The van der Waals surface area contributed by atoms with Crippen LogP contribution in [0.25, 0.3) is 11.0 Å². The summed E-state index contributed by atoms with van der Waals surface area (Å²) < 4.78 is 69.6. The van der Waals surface area contributed by atoms with Gasteiger partial charge in [0.05, 0.1) is 32.9 Å². The molecular formula is C55H68FN7O9S. The number of methoxy groups -OCH3 is 1. The van der Waals surface area contributed by atoms with E-state index in [-0.39, 0.29) is 87.5 Å². The second-order valence-corrected chi connectivity index (χ2v) is 23.9. The Hall–Kier alpha value is -5.98. The molecule has 18 heteroatoms. The van der Waals surface area contributed by atoms with Crippen molar-refractivity contribution < 1.29 is 41.5 Å². The molecule has 3 N–H and O–H groups in total. The van der Waals surface area contributed by atoms with E-state index in [0.717, 1.165) is 89.0 Å². The number of nitro benzene ring substituents is 1. The lowest BCUT2D eigenvalue weighted by Crippen LogP contribution is -2.54. The van der Waals surface area contributed by atoms with E-state index in [2.05, 4.69) is 81.8 Å². The van der Waals surface area contributed by atoms with Crippen LogP contribution in [0.3, 0.4) is 0 Å². The molecule has 73 heavy (non-hydrogen) atoms. The number of nitrogens with zero attached hydrogens (tertiary/aromatic N) is 4. The number of carbonyl (C=O) groups excluding carboxylic acids is 1. The minimum absolute atomic E-state index is 0.00590. The van der Waals surface area contributed by atoms with E-state index in [4.69, 9.17) is 18.9 Å². The van der Waals surface area contributed by atoms with Crippen molar-refractivity contribution in [3.63, 3.8) is 0 Å². The monoisotopic (exact) mass is 1020 g/mol. The summed E-state index contributed by atoms with van der Waals surface area (Å²) in [5.74, 6) is -1.03. The van der Waals surface area contributed by atoms with Crippen molar-refractivity contribution in [2.24, 2.45) is 16.7 Å². The Morgan fingerprint density at radius 2 is 1.75 bits per heavy atom. The lowest BCUT2D eigenvalue weighted by molar-refractivity contribution is -0.384. The van der Waals surface area contributed by atoms with Crippen molar-refractivity contribution in [3.8, 4) is 23.1 Å². The largest absolute Gasteiger partial charge is 0.489 e. The fourth-order valence-electron chi connectivity index (χ4n) is 12.1. The number of ether oxygens (including phenoxy) is 4. The van der Waals surface area contributed by atoms with E-state index >= 15 is 4.39 Å². The number of benzene rings is 3. The molecule has 5 aliphatic rings. The molecule has 390 valence electrons. The number of sulfonamides is 1. The molecule has 3 aliphatic heterocycles. The second kappa shape index (κ2) is 20.0. The average Bonchev–Trinajstić information content (AvgIpc) is 4.00. The van der Waals surface area contributed by atoms with Crippen LogP contribution in [0.4, 0.5) is 21.5 Å². The normalized spacial score (nSPS) is 21.6. The van der Waals surface area contributed by atoms with Gasteiger partial charge in [0, 0.05) is 68.4 Å². The smallest absolute Gasteiger partial charge is 0.297 e. The van der Waals surface area contributed by atoms with Crippen LogP contribution in [0, 0.1) is 32.7 Å². The summed E-state index contributed by atoms with van der Waals surface area (Å²) in [5, 5.41) is 15.9. The third kappa shape index (κ3) is 10.3. The van der Waals surface area contributed by atoms with Gasteiger partial charge in [-0.3, -0.25) is 19.8 Å². The Morgan fingerprint density at radius 3 is 2.48 bits per heavy atom. The zero-order valence-electron chi connectivity index (χ0n) is 42.7. The maximum absolute atomic E-state index is 15.1. The molecule has 4 fully saturated rings. The molecule has 16 nitrogen and oxygen atoms in total. The fraction of sp³-hybridized carbons (Fsp3) is 0.527. The molecule has 1 amide bonds. The third-order valence-electron chi connectivity index (χ3n) is 16.6. The Morgan fingerprint density at radius 1 is 1.00 bits per heavy atom. The minimum atomic E-state index is -4.75. The van der Waals surface area contributed by atoms with E-state index in [0.29, 0.717) is 18.0 Å². The van der Waals surface area contributed by atoms with Gasteiger partial charge in [-0.25, -0.2) is 17.5 Å². The van der Waals surface area contributed by atoms with Crippen molar-refractivity contribution in [1.29, 1.82) is 0 Å². The first-order chi connectivity index (χ1) is 34.9. The summed E-state index contributed by atoms with van der Waals surface area (Å²) in [4.78, 5) is 38.1. The molecule has 2 aliphatic carbocycles. The summed E-state index contributed by atoms with van der Waals surface area (Å²) in [7, 11) is -3.21. The summed E-state index contributed by atoms with van der Waals surface area (Å²) in [5.41, 5.74) is 3.76. The third-order valence-corrected chi connectivity index (χ3v) is 17.9. The molecule has 10 rings (SSSR count). The zero-order valence-corrected chi connectivity index (χ0v) is 43.5. The number of fused-ring (bicyclic) bond motifs is 2. The molecule has 2 saturated heterocycles. The first kappa shape index (κ1) is 50.5. The number of halogens is 1. The van der Waals surface area contributed by atoms with E-state index in [9.17, 15) is 23.3 Å². The minimum Gasteiger partial charge on any atom is -0.489 e. The molecular weight excluding hydrogens is 954 g/mol. The van der Waals surface area contributed by atoms with Crippen LogP contribution < -0.4 is 29.1 Å². The van der Waals surface area contributed by atoms with Gasteiger partial charge in [-0.15, -0.1) is 0 Å². The second-order valence-electron chi connectivity index (χ2n) is 22.3. The predicted octanol–water partition coefficient (Wildman–Crippen LogP) is 11.0. The highest BCUT2D eigenvalue weighted by molar-refractivity contribution is 7.90. The zero-order chi connectivity index (χ0) is 51.4. The molecule has 0 radical (unpaired) electrons. The van der Waals surface area contributed by atoms with Crippen LogP contribution in [0.2, 0.25) is 0 Å². The number of hydrogen-bond donors (Lipinski definition) is 3. The molecule has 3 atom stereocenters. The number of H-pyrrole nitrogens is 1. The number of aromatic amines is 1. The average molecular weight is 1020 g/mol. The van der Waals surface area contributed by atoms with E-state index in [1.165, 1.54) is 49.3 Å². The Labute approximate surface area is 426 Å². The van der Waals surface area contributed by atoms with Gasteiger partial charge >= 0.3 is 0 Å². The number of likely N-dealkylation sites (tertiary alicyclic amines) is 1. The topological polar surface area (TPSA) is 190 Å². The summed E-state index contributed by atoms with van der Waals surface area (Å²) in [6, 6.07) is 18.2. The van der Waals surface area contributed by atoms with Gasteiger partial charge in [-0.2, -0.15) is 4.98 Å². The molecule has 1 spiro atoms. The van der Waals surface area contributed by atoms with Crippen molar-refractivity contribution in [3.05, 3.63) is 99.5 Å². The Bertz CT molecular complexity index is 2990.